The summed E-state index contributed by atoms with van der Waals surface area (Å²) >= 11 is 0. The molecule has 0 bridgehead atoms. The van der Waals surface area contributed by atoms with Gasteiger partial charge in [0.15, 0.2) is 0 Å². The Kier molecular flexibility index (Phi) is 5.77. The highest BCUT2D eigenvalue weighted by Crippen LogP contribution is 2.21. The molecule has 1 N–H and O–H groups in total. The molecule has 0 saturated carbocycles. The summed E-state index contributed by atoms with van der Waals surface area (Å²) in [5.41, 5.74) is 3.13. The summed E-state index contributed by atoms with van der Waals surface area (Å²) in [6.07, 6.45) is 0.0345. The third kappa shape index (κ3) is 4.58. The van der Waals surface area contributed by atoms with Gasteiger partial charge in [0.05, 0.1) is 24.7 Å². The maximum atomic E-state index is 10.7. The standard InChI is InChI=1S/C24H24N2O3/c1-28-20-10-7-11-21(15-20)29-17-19(27)16-26-23-13-6-5-12-22(23)25-24(26)14-18-8-3-2-4-9-18/h2-13,15,19,27H,14,16-17H2,1H3. The van der Waals surface area contributed by atoms with Crippen LogP contribution in [0.3, 0.4) is 0 Å². The van der Waals surface area contributed by atoms with E-state index >= 15 is 0 Å². The zero-order valence-electron chi connectivity index (χ0n) is 16.4. The molecule has 3 aromatic carbocycles. The topological polar surface area (TPSA) is 56.5 Å². The summed E-state index contributed by atoms with van der Waals surface area (Å²) in [4.78, 5) is 4.80. The van der Waals surface area contributed by atoms with Crippen molar-refractivity contribution in [2.75, 3.05) is 13.7 Å². The first-order valence-electron chi connectivity index (χ1n) is 9.66. The average molecular weight is 388 g/mol. The summed E-state index contributed by atoms with van der Waals surface area (Å²) in [6, 6.07) is 25.6. The van der Waals surface area contributed by atoms with E-state index in [9.17, 15) is 5.11 Å². The van der Waals surface area contributed by atoms with Crippen molar-refractivity contribution >= 4 is 11.0 Å². The van der Waals surface area contributed by atoms with E-state index in [2.05, 4.69) is 16.7 Å². The molecule has 0 aliphatic carbocycles. The normalized spacial score (nSPS) is 12.1. The minimum absolute atomic E-state index is 0.185. The molecule has 0 aliphatic rings. The van der Waals surface area contributed by atoms with E-state index in [1.54, 1.807) is 13.2 Å². The Balaban J connectivity index is 1.52. The first kappa shape index (κ1) is 19.0. The van der Waals surface area contributed by atoms with Crippen LogP contribution in [0.15, 0.2) is 78.9 Å². The van der Waals surface area contributed by atoms with Crippen LogP contribution < -0.4 is 9.47 Å². The van der Waals surface area contributed by atoms with Crippen LogP contribution >= 0.6 is 0 Å². The Morgan fingerprint density at radius 2 is 1.69 bits per heavy atom. The predicted octanol–water partition coefficient (Wildman–Crippen LogP) is 4.08. The number of rotatable bonds is 8. The first-order chi connectivity index (χ1) is 14.2. The molecule has 0 aliphatic heterocycles. The minimum atomic E-state index is -0.673. The van der Waals surface area contributed by atoms with E-state index in [1.807, 2.05) is 60.7 Å². The summed E-state index contributed by atoms with van der Waals surface area (Å²) in [6.45, 7) is 0.594. The van der Waals surface area contributed by atoms with Crippen molar-refractivity contribution in [1.29, 1.82) is 0 Å². The van der Waals surface area contributed by atoms with Gasteiger partial charge < -0.3 is 19.1 Å². The molecule has 4 rings (SSSR count). The van der Waals surface area contributed by atoms with Crippen molar-refractivity contribution in [2.24, 2.45) is 0 Å². The molecular formula is C24H24N2O3. The van der Waals surface area contributed by atoms with Crippen LogP contribution in [0.5, 0.6) is 11.5 Å². The molecule has 5 nitrogen and oxygen atoms in total. The van der Waals surface area contributed by atoms with Crippen LogP contribution in [0.1, 0.15) is 11.4 Å². The van der Waals surface area contributed by atoms with Gasteiger partial charge in [0.1, 0.15) is 30.0 Å². The zero-order valence-corrected chi connectivity index (χ0v) is 16.4. The molecule has 0 saturated heterocycles. The fraction of sp³-hybridized carbons (Fsp3) is 0.208. The molecule has 0 amide bonds. The number of ether oxygens (including phenoxy) is 2. The zero-order chi connectivity index (χ0) is 20.1. The third-order valence-electron chi connectivity index (χ3n) is 4.82. The summed E-state index contributed by atoms with van der Waals surface area (Å²) in [5, 5.41) is 10.7. The van der Waals surface area contributed by atoms with E-state index in [-0.39, 0.29) is 6.61 Å². The number of hydrogen-bond donors (Lipinski definition) is 1. The molecule has 29 heavy (non-hydrogen) atoms. The maximum absolute atomic E-state index is 10.7. The van der Waals surface area contributed by atoms with Crippen molar-refractivity contribution in [3.05, 3.63) is 90.3 Å². The Morgan fingerprint density at radius 3 is 2.52 bits per heavy atom. The smallest absolute Gasteiger partial charge is 0.123 e. The van der Waals surface area contributed by atoms with Gasteiger partial charge in [-0.1, -0.05) is 48.5 Å². The predicted molar refractivity (Wildman–Crippen MR) is 113 cm³/mol. The van der Waals surface area contributed by atoms with Gasteiger partial charge in [-0.3, -0.25) is 0 Å². The SMILES string of the molecule is COc1cccc(OCC(O)Cn2c(Cc3ccccc3)nc3ccccc32)c1. The highest BCUT2D eigenvalue weighted by atomic mass is 16.5. The second kappa shape index (κ2) is 8.80. The largest absolute Gasteiger partial charge is 0.497 e. The molecule has 0 radical (unpaired) electrons. The molecular weight excluding hydrogens is 364 g/mol. The first-order valence-corrected chi connectivity index (χ1v) is 9.66. The van der Waals surface area contributed by atoms with Crippen LogP contribution in [-0.4, -0.2) is 34.5 Å². The molecule has 5 heteroatoms. The second-order valence-electron chi connectivity index (χ2n) is 6.93. The van der Waals surface area contributed by atoms with E-state index < -0.39 is 6.10 Å². The quantitative estimate of drug-likeness (QED) is 0.494. The van der Waals surface area contributed by atoms with Gasteiger partial charge >= 0.3 is 0 Å². The van der Waals surface area contributed by atoms with Gasteiger partial charge in [-0.25, -0.2) is 4.98 Å². The van der Waals surface area contributed by atoms with Gasteiger partial charge in [0.25, 0.3) is 0 Å². The van der Waals surface area contributed by atoms with Crippen LogP contribution in [0, 0.1) is 0 Å². The molecule has 4 aromatic rings. The van der Waals surface area contributed by atoms with Gasteiger partial charge in [0.2, 0.25) is 0 Å². The summed E-state index contributed by atoms with van der Waals surface area (Å²) in [5.74, 6) is 2.32. The second-order valence-corrected chi connectivity index (χ2v) is 6.93. The molecule has 1 aromatic heterocycles. The van der Waals surface area contributed by atoms with Gasteiger partial charge in [-0.05, 0) is 29.8 Å². The lowest BCUT2D eigenvalue weighted by atomic mass is 10.1. The number of fused-ring (bicyclic) bond motifs is 1. The van der Waals surface area contributed by atoms with Crippen LogP contribution in [0.2, 0.25) is 0 Å². The molecule has 148 valence electrons. The molecule has 0 fully saturated rings. The lowest BCUT2D eigenvalue weighted by molar-refractivity contribution is 0.0927. The summed E-state index contributed by atoms with van der Waals surface area (Å²) < 4.78 is 13.1. The van der Waals surface area contributed by atoms with Crippen LogP contribution in [-0.2, 0) is 13.0 Å². The minimum Gasteiger partial charge on any atom is -0.497 e. The third-order valence-corrected chi connectivity index (χ3v) is 4.82. The number of benzene rings is 3. The monoisotopic (exact) mass is 388 g/mol. The number of imidazole rings is 1. The van der Waals surface area contributed by atoms with Gasteiger partial charge in [-0.15, -0.1) is 0 Å². The van der Waals surface area contributed by atoms with E-state index in [0.29, 0.717) is 18.7 Å². The van der Waals surface area contributed by atoms with Crippen molar-refractivity contribution < 1.29 is 14.6 Å². The van der Waals surface area contributed by atoms with Gasteiger partial charge in [0, 0.05) is 12.5 Å². The summed E-state index contributed by atoms with van der Waals surface area (Å²) in [7, 11) is 1.62. The number of aliphatic hydroxyl groups is 1. The van der Waals surface area contributed by atoms with Crippen molar-refractivity contribution in [3.63, 3.8) is 0 Å². The molecule has 0 spiro atoms. The number of aliphatic hydroxyl groups excluding tert-OH is 1. The van der Waals surface area contributed by atoms with E-state index in [0.717, 1.165) is 22.6 Å². The highest BCUT2D eigenvalue weighted by Gasteiger charge is 2.15. The number of methoxy groups -OCH3 is 1. The molecule has 1 unspecified atom stereocenters. The number of aromatic nitrogens is 2. The van der Waals surface area contributed by atoms with Crippen molar-refractivity contribution in [3.8, 4) is 11.5 Å². The Bertz CT molecular complexity index is 1080. The Morgan fingerprint density at radius 1 is 0.931 bits per heavy atom. The van der Waals surface area contributed by atoms with Crippen LogP contribution in [0.4, 0.5) is 0 Å². The lowest BCUT2D eigenvalue weighted by Crippen LogP contribution is -2.24. The number of nitrogens with zero attached hydrogens (tertiary/aromatic N) is 2. The lowest BCUT2D eigenvalue weighted by Gasteiger charge is -2.16. The fourth-order valence-electron chi connectivity index (χ4n) is 3.39. The van der Waals surface area contributed by atoms with E-state index in [1.165, 1.54) is 5.56 Å². The average Bonchev–Trinajstić information content (AvgIpc) is 3.10. The van der Waals surface area contributed by atoms with E-state index in [4.69, 9.17) is 14.5 Å². The maximum Gasteiger partial charge on any atom is 0.123 e. The number of hydrogen-bond acceptors (Lipinski definition) is 4. The molecule has 1 heterocycles. The van der Waals surface area contributed by atoms with Crippen LogP contribution in [0.25, 0.3) is 11.0 Å². The fourth-order valence-corrected chi connectivity index (χ4v) is 3.39. The Hall–Kier alpha value is -3.31. The number of para-hydroxylation sites is 2. The highest BCUT2D eigenvalue weighted by molar-refractivity contribution is 5.76. The molecule has 1 atom stereocenters. The van der Waals surface area contributed by atoms with Gasteiger partial charge in [-0.2, -0.15) is 0 Å². The van der Waals surface area contributed by atoms with Crippen molar-refractivity contribution in [1.82, 2.24) is 9.55 Å². The Labute approximate surface area is 170 Å². The van der Waals surface area contributed by atoms with Crippen molar-refractivity contribution in [2.45, 2.75) is 19.1 Å².